The third-order valence-electron chi connectivity index (χ3n) is 15.9. The Bertz CT molecular complexity index is 1230. The van der Waals surface area contributed by atoms with Crippen molar-refractivity contribution in [3.05, 3.63) is 36.5 Å². The molecule has 0 spiro atoms. The number of aliphatic hydroxyl groups excluding tert-OH is 2. The van der Waals surface area contributed by atoms with Gasteiger partial charge in [0.1, 0.15) is 0 Å². The van der Waals surface area contributed by atoms with Gasteiger partial charge in [0.05, 0.1) is 25.4 Å². The first-order valence-electron chi connectivity index (χ1n) is 34.3. The molecule has 3 N–H and O–H groups in total. The standard InChI is InChI=1S/C70H133NO5/c1-3-5-7-9-11-13-15-17-19-30-34-38-42-46-50-54-58-62-68(73)67(66-72)71-69(74)63-59-55-51-47-43-39-35-32-28-26-24-22-21-23-25-27-29-33-37-41-45-49-53-57-61-65-76-70(75)64-60-56-52-48-44-40-36-31-20-18-16-14-12-10-8-6-4-2/h18,20,22,24,58,62,67-68,72-73H,3-17,19,21,23,25-57,59-61,63-66H2,1-2H3,(H,71,74)/b20-18-,24-22-,62-58+. The van der Waals surface area contributed by atoms with Crippen molar-refractivity contribution in [3.63, 3.8) is 0 Å². The Kier molecular flexibility index (Phi) is 63.9. The average molecular weight is 1070 g/mol. The van der Waals surface area contributed by atoms with Gasteiger partial charge in [-0.1, -0.05) is 314 Å². The zero-order valence-electron chi connectivity index (χ0n) is 51.3. The largest absolute Gasteiger partial charge is 0.466 e. The molecule has 0 aromatic carbocycles. The molecule has 0 aromatic rings. The summed E-state index contributed by atoms with van der Waals surface area (Å²) in [6, 6.07) is -0.631. The fraction of sp³-hybridized carbons (Fsp3) is 0.886. The van der Waals surface area contributed by atoms with Crippen LogP contribution in [0.5, 0.6) is 0 Å². The summed E-state index contributed by atoms with van der Waals surface area (Å²) in [5.41, 5.74) is 0. The number of amides is 1. The molecule has 0 heterocycles. The Morgan fingerprint density at radius 3 is 0.934 bits per heavy atom. The zero-order valence-corrected chi connectivity index (χ0v) is 51.3. The lowest BCUT2D eigenvalue weighted by atomic mass is 10.0. The molecule has 448 valence electrons. The summed E-state index contributed by atoms with van der Waals surface area (Å²) in [4.78, 5) is 24.6. The van der Waals surface area contributed by atoms with Crippen LogP contribution in [0.3, 0.4) is 0 Å². The number of allylic oxidation sites excluding steroid dienone is 5. The number of aliphatic hydroxyl groups is 2. The predicted octanol–water partition coefficient (Wildman–Crippen LogP) is 21.9. The number of nitrogens with one attached hydrogen (secondary N) is 1. The fourth-order valence-corrected chi connectivity index (χ4v) is 10.6. The molecule has 0 aromatic heterocycles. The van der Waals surface area contributed by atoms with E-state index in [-0.39, 0.29) is 18.5 Å². The molecule has 0 fully saturated rings. The SMILES string of the molecule is CCCCCCCC/C=C\CCCCCCCCCC(=O)OCCCCCCCCCCCCCC/C=C\CCCCCCCCCCCC(=O)NC(CO)C(O)/C=C/CCCCCCCCCCCCCCCCC. The minimum absolute atomic E-state index is 0.0101. The van der Waals surface area contributed by atoms with Gasteiger partial charge in [0.25, 0.3) is 0 Å². The lowest BCUT2D eigenvalue weighted by Crippen LogP contribution is -2.45. The van der Waals surface area contributed by atoms with E-state index in [4.69, 9.17) is 4.74 Å². The van der Waals surface area contributed by atoms with Gasteiger partial charge in [-0.2, -0.15) is 0 Å². The third-order valence-corrected chi connectivity index (χ3v) is 15.9. The fourth-order valence-electron chi connectivity index (χ4n) is 10.6. The van der Waals surface area contributed by atoms with E-state index < -0.39 is 12.1 Å². The number of hydrogen-bond acceptors (Lipinski definition) is 5. The summed E-state index contributed by atoms with van der Waals surface area (Å²) in [7, 11) is 0. The Labute approximate surface area is 474 Å². The van der Waals surface area contributed by atoms with Crippen LogP contribution < -0.4 is 5.32 Å². The molecule has 76 heavy (non-hydrogen) atoms. The van der Waals surface area contributed by atoms with Gasteiger partial charge in [-0.25, -0.2) is 0 Å². The smallest absolute Gasteiger partial charge is 0.305 e. The summed E-state index contributed by atoms with van der Waals surface area (Å²) < 4.78 is 5.50. The molecule has 0 radical (unpaired) electrons. The van der Waals surface area contributed by atoms with Crippen molar-refractivity contribution in [1.29, 1.82) is 0 Å². The summed E-state index contributed by atoms with van der Waals surface area (Å²) >= 11 is 0. The minimum atomic E-state index is -0.847. The van der Waals surface area contributed by atoms with Crippen LogP contribution in [-0.4, -0.2) is 47.4 Å². The molecule has 0 saturated carbocycles. The molecular weight excluding hydrogens is 935 g/mol. The van der Waals surface area contributed by atoms with Crippen LogP contribution in [0.4, 0.5) is 0 Å². The highest BCUT2D eigenvalue weighted by Gasteiger charge is 2.18. The molecule has 2 unspecified atom stereocenters. The molecule has 6 nitrogen and oxygen atoms in total. The van der Waals surface area contributed by atoms with E-state index in [0.29, 0.717) is 19.4 Å². The van der Waals surface area contributed by atoms with Crippen molar-refractivity contribution in [2.75, 3.05) is 13.2 Å². The van der Waals surface area contributed by atoms with E-state index in [1.165, 1.54) is 302 Å². The van der Waals surface area contributed by atoms with Crippen LogP contribution in [0.25, 0.3) is 0 Å². The topological polar surface area (TPSA) is 95.9 Å². The second kappa shape index (κ2) is 65.6. The van der Waals surface area contributed by atoms with E-state index >= 15 is 0 Å². The van der Waals surface area contributed by atoms with Gasteiger partial charge < -0.3 is 20.3 Å². The first-order valence-corrected chi connectivity index (χ1v) is 34.3. The molecule has 0 saturated heterocycles. The van der Waals surface area contributed by atoms with E-state index in [9.17, 15) is 19.8 Å². The van der Waals surface area contributed by atoms with Crippen molar-refractivity contribution in [3.8, 4) is 0 Å². The third kappa shape index (κ3) is 61.3. The lowest BCUT2D eigenvalue weighted by molar-refractivity contribution is -0.143. The number of esters is 1. The maximum absolute atomic E-state index is 12.5. The van der Waals surface area contributed by atoms with Crippen molar-refractivity contribution < 1.29 is 24.5 Å². The Morgan fingerprint density at radius 2 is 0.618 bits per heavy atom. The number of carbonyl (C=O) groups is 2. The molecule has 1 amide bonds. The maximum Gasteiger partial charge on any atom is 0.305 e. The van der Waals surface area contributed by atoms with Gasteiger partial charge in [-0.05, 0) is 83.5 Å². The second-order valence-electron chi connectivity index (χ2n) is 23.5. The first-order chi connectivity index (χ1) is 37.5. The van der Waals surface area contributed by atoms with Gasteiger partial charge >= 0.3 is 5.97 Å². The van der Waals surface area contributed by atoms with Gasteiger partial charge in [0, 0.05) is 12.8 Å². The second-order valence-corrected chi connectivity index (χ2v) is 23.5. The van der Waals surface area contributed by atoms with Crippen molar-refractivity contribution >= 4 is 11.9 Å². The average Bonchev–Trinajstić information content (AvgIpc) is 3.42. The van der Waals surface area contributed by atoms with Crippen LogP contribution in [0.2, 0.25) is 0 Å². The normalized spacial score (nSPS) is 12.7. The molecular formula is C70H133NO5. The van der Waals surface area contributed by atoms with Gasteiger partial charge in [0.2, 0.25) is 5.91 Å². The quantitative estimate of drug-likeness (QED) is 0.0320. The van der Waals surface area contributed by atoms with Crippen molar-refractivity contribution in [2.45, 2.75) is 386 Å². The highest BCUT2D eigenvalue weighted by atomic mass is 16.5. The van der Waals surface area contributed by atoms with Gasteiger partial charge in [0.15, 0.2) is 0 Å². The van der Waals surface area contributed by atoms with E-state index in [0.717, 1.165) is 44.9 Å². The van der Waals surface area contributed by atoms with Crippen LogP contribution in [-0.2, 0) is 14.3 Å². The Hall–Kier alpha value is -1.92. The molecule has 0 aliphatic heterocycles. The van der Waals surface area contributed by atoms with Gasteiger partial charge in [-0.15, -0.1) is 0 Å². The van der Waals surface area contributed by atoms with E-state index in [2.05, 4.69) is 43.5 Å². The Balaban J connectivity index is 3.41. The van der Waals surface area contributed by atoms with Gasteiger partial charge in [-0.3, -0.25) is 9.59 Å². The number of ether oxygens (including phenoxy) is 1. The number of unbranched alkanes of at least 4 members (excludes halogenated alkanes) is 49. The molecule has 0 aliphatic carbocycles. The Morgan fingerprint density at radius 1 is 0.355 bits per heavy atom. The predicted molar refractivity (Wildman–Crippen MR) is 333 cm³/mol. The number of rotatable bonds is 64. The first kappa shape index (κ1) is 74.1. The minimum Gasteiger partial charge on any atom is -0.466 e. The maximum atomic E-state index is 12.5. The van der Waals surface area contributed by atoms with Crippen molar-refractivity contribution in [2.24, 2.45) is 0 Å². The zero-order chi connectivity index (χ0) is 55.0. The number of carbonyl (C=O) groups excluding carboxylic acids is 2. The molecule has 6 heteroatoms. The molecule has 0 aliphatic rings. The lowest BCUT2D eigenvalue weighted by Gasteiger charge is -2.20. The summed E-state index contributed by atoms with van der Waals surface area (Å²) in [5, 5.41) is 23.2. The number of hydrogen-bond donors (Lipinski definition) is 3. The summed E-state index contributed by atoms with van der Waals surface area (Å²) in [5.74, 6) is -0.0587. The summed E-state index contributed by atoms with van der Waals surface area (Å²) in [6.45, 7) is 4.92. The summed E-state index contributed by atoms with van der Waals surface area (Å²) in [6.07, 6.45) is 83.5. The monoisotopic (exact) mass is 1070 g/mol. The van der Waals surface area contributed by atoms with E-state index in [1.54, 1.807) is 6.08 Å². The molecule has 0 rings (SSSR count). The van der Waals surface area contributed by atoms with Crippen LogP contribution in [0.15, 0.2) is 36.5 Å². The molecule has 0 bridgehead atoms. The molecule has 2 atom stereocenters. The van der Waals surface area contributed by atoms with Crippen molar-refractivity contribution in [1.82, 2.24) is 5.32 Å². The highest BCUT2D eigenvalue weighted by molar-refractivity contribution is 5.76. The highest BCUT2D eigenvalue weighted by Crippen LogP contribution is 2.18. The van der Waals surface area contributed by atoms with Crippen LogP contribution in [0.1, 0.15) is 373 Å². The van der Waals surface area contributed by atoms with Crippen LogP contribution >= 0.6 is 0 Å². The van der Waals surface area contributed by atoms with Crippen LogP contribution in [0, 0.1) is 0 Å². The van der Waals surface area contributed by atoms with E-state index in [1.807, 2.05) is 6.08 Å².